The van der Waals surface area contributed by atoms with Gasteiger partial charge in [-0.1, -0.05) is 19.9 Å². The van der Waals surface area contributed by atoms with E-state index in [2.05, 4.69) is 30.8 Å². The Balaban J connectivity index is 1.48. The average Bonchev–Trinajstić information content (AvgIpc) is 3.69. The molecule has 0 bridgehead atoms. The number of carbonyl (C=O) groups excluding carboxylic acids is 1. The second-order valence-corrected chi connectivity index (χ2v) is 10.3. The standard InChI is InChI=1S/C28H33N5O3S/c1-4-32(5-2)19(3)8-9-25(34)20-15-24(30-27(16-20)36-21-11-13-35-18-21)22-17-29-33-12-10-23(31-28(22)33)26-7-6-14-37-26/h6-7,10,12,14-17,19,21H,4-5,8-9,11,13,18H2,1-3H3/t19-,21+/m0/s1. The number of thiophene rings is 1. The molecule has 0 spiro atoms. The number of ketones is 1. The van der Waals surface area contributed by atoms with Crippen LogP contribution in [0.25, 0.3) is 27.5 Å². The molecule has 1 aliphatic heterocycles. The molecule has 1 aliphatic rings. The number of hydrogen-bond acceptors (Lipinski definition) is 8. The molecule has 194 valence electrons. The number of hydrogen-bond donors (Lipinski definition) is 0. The van der Waals surface area contributed by atoms with Crippen LogP contribution in [0.3, 0.4) is 0 Å². The van der Waals surface area contributed by atoms with E-state index in [1.807, 2.05) is 35.8 Å². The topological polar surface area (TPSA) is 81.9 Å². The Bertz CT molecular complexity index is 1340. The summed E-state index contributed by atoms with van der Waals surface area (Å²) in [5.74, 6) is 0.515. The highest BCUT2D eigenvalue weighted by Gasteiger charge is 2.22. The summed E-state index contributed by atoms with van der Waals surface area (Å²) in [6.07, 6.45) is 5.65. The third-order valence-corrected chi connectivity index (χ3v) is 7.84. The van der Waals surface area contributed by atoms with Crippen molar-refractivity contribution in [2.45, 2.75) is 52.2 Å². The summed E-state index contributed by atoms with van der Waals surface area (Å²) in [6.45, 7) is 9.64. The van der Waals surface area contributed by atoms with Crippen molar-refractivity contribution in [3.63, 3.8) is 0 Å². The molecule has 1 saturated heterocycles. The summed E-state index contributed by atoms with van der Waals surface area (Å²) in [7, 11) is 0. The van der Waals surface area contributed by atoms with E-state index in [1.54, 1.807) is 28.1 Å². The van der Waals surface area contributed by atoms with Crippen molar-refractivity contribution in [3.8, 4) is 27.7 Å². The van der Waals surface area contributed by atoms with Crippen molar-refractivity contribution in [3.05, 3.63) is 53.7 Å². The van der Waals surface area contributed by atoms with Gasteiger partial charge in [0, 0.05) is 36.7 Å². The molecule has 9 heteroatoms. The first kappa shape index (κ1) is 25.5. The van der Waals surface area contributed by atoms with E-state index >= 15 is 0 Å². The molecular weight excluding hydrogens is 486 g/mol. The third kappa shape index (κ3) is 5.74. The molecule has 0 N–H and O–H groups in total. The van der Waals surface area contributed by atoms with Crippen molar-refractivity contribution in [2.24, 2.45) is 0 Å². The minimum atomic E-state index is -0.0687. The van der Waals surface area contributed by atoms with Crippen LogP contribution in [0, 0.1) is 0 Å². The van der Waals surface area contributed by atoms with Crippen LogP contribution < -0.4 is 4.74 Å². The number of rotatable bonds is 11. The zero-order valence-electron chi connectivity index (χ0n) is 21.6. The van der Waals surface area contributed by atoms with Crippen LogP contribution in [0.4, 0.5) is 0 Å². The fraction of sp³-hybridized carbons (Fsp3) is 0.429. The van der Waals surface area contributed by atoms with E-state index in [9.17, 15) is 4.79 Å². The molecule has 4 aromatic heterocycles. The second kappa shape index (κ2) is 11.5. The Hall–Kier alpha value is -3.14. The number of aromatic nitrogens is 4. The molecular formula is C28H33N5O3S. The summed E-state index contributed by atoms with van der Waals surface area (Å²) < 4.78 is 13.4. The van der Waals surface area contributed by atoms with Gasteiger partial charge in [0.15, 0.2) is 11.4 Å². The van der Waals surface area contributed by atoms with E-state index in [-0.39, 0.29) is 11.9 Å². The lowest BCUT2D eigenvalue weighted by molar-refractivity contribution is 0.0963. The molecule has 0 amide bonds. The van der Waals surface area contributed by atoms with Gasteiger partial charge in [0.1, 0.15) is 6.10 Å². The number of carbonyl (C=O) groups is 1. The highest BCUT2D eigenvalue weighted by molar-refractivity contribution is 7.13. The van der Waals surface area contributed by atoms with E-state index < -0.39 is 0 Å². The van der Waals surface area contributed by atoms with Gasteiger partial charge in [0.2, 0.25) is 5.88 Å². The zero-order chi connectivity index (χ0) is 25.8. The highest BCUT2D eigenvalue weighted by atomic mass is 32.1. The van der Waals surface area contributed by atoms with E-state index in [0.717, 1.165) is 42.1 Å². The molecule has 37 heavy (non-hydrogen) atoms. The van der Waals surface area contributed by atoms with Crippen molar-refractivity contribution in [2.75, 3.05) is 26.3 Å². The molecule has 0 radical (unpaired) electrons. The number of Topliss-reactive ketones (excluding diaryl/α,β-unsaturated/α-hetero) is 1. The number of nitrogens with zero attached hydrogens (tertiary/aromatic N) is 5. The molecule has 8 nitrogen and oxygen atoms in total. The largest absolute Gasteiger partial charge is 0.472 e. The Morgan fingerprint density at radius 2 is 2.11 bits per heavy atom. The van der Waals surface area contributed by atoms with Gasteiger partial charge < -0.3 is 14.4 Å². The highest BCUT2D eigenvalue weighted by Crippen LogP contribution is 2.30. The minimum Gasteiger partial charge on any atom is -0.472 e. The lowest BCUT2D eigenvalue weighted by Crippen LogP contribution is -2.33. The van der Waals surface area contributed by atoms with Gasteiger partial charge in [0.25, 0.3) is 0 Å². The van der Waals surface area contributed by atoms with Gasteiger partial charge in [0.05, 0.1) is 41.2 Å². The van der Waals surface area contributed by atoms with Crippen LogP contribution in [0.1, 0.15) is 50.4 Å². The first-order valence-electron chi connectivity index (χ1n) is 13.0. The summed E-state index contributed by atoms with van der Waals surface area (Å²) >= 11 is 1.64. The average molecular weight is 520 g/mol. The van der Waals surface area contributed by atoms with Crippen LogP contribution in [0.5, 0.6) is 5.88 Å². The van der Waals surface area contributed by atoms with Gasteiger partial charge in [-0.25, -0.2) is 14.5 Å². The fourth-order valence-electron chi connectivity index (χ4n) is 4.77. The Morgan fingerprint density at radius 3 is 2.84 bits per heavy atom. The van der Waals surface area contributed by atoms with Crippen molar-refractivity contribution >= 4 is 22.8 Å². The summed E-state index contributed by atoms with van der Waals surface area (Å²) in [4.78, 5) is 26.5. The maximum absolute atomic E-state index is 13.4. The summed E-state index contributed by atoms with van der Waals surface area (Å²) in [5, 5.41) is 6.52. The van der Waals surface area contributed by atoms with Crippen LogP contribution >= 0.6 is 11.3 Å². The summed E-state index contributed by atoms with van der Waals surface area (Å²) in [5.41, 5.74) is 3.55. The molecule has 2 atom stereocenters. The zero-order valence-corrected chi connectivity index (χ0v) is 22.4. The van der Waals surface area contributed by atoms with Crippen LogP contribution in [0.2, 0.25) is 0 Å². The van der Waals surface area contributed by atoms with Crippen LogP contribution in [-0.4, -0.2) is 68.7 Å². The molecule has 1 fully saturated rings. The maximum Gasteiger partial charge on any atom is 0.214 e. The van der Waals surface area contributed by atoms with Gasteiger partial charge in [-0.2, -0.15) is 5.10 Å². The normalized spacial score (nSPS) is 16.5. The SMILES string of the molecule is CCN(CC)[C@@H](C)CCC(=O)c1cc(O[C@@H]2CCOC2)nc(-c2cnn3ccc(-c4cccs4)nc23)c1. The monoisotopic (exact) mass is 519 g/mol. The van der Waals surface area contributed by atoms with Crippen molar-refractivity contribution < 1.29 is 14.3 Å². The first-order valence-corrected chi connectivity index (χ1v) is 13.9. The molecule has 0 saturated carbocycles. The predicted molar refractivity (Wildman–Crippen MR) is 145 cm³/mol. The molecule has 0 aromatic carbocycles. The Kier molecular flexibility index (Phi) is 7.93. The smallest absolute Gasteiger partial charge is 0.214 e. The van der Waals surface area contributed by atoms with E-state index in [1.165, 1.54) is 0 Å². The summed E-state index contributed by atoms with van der Waals surface area (Å²) in [6, 6.07) is 9.96. The number of ether oxygens (including phenoxy) is 2. The fourth-order valence-corrected chi connectivity index (χ4v) is 5.46. The van der Waals surface area contributed by atoms with Gasteiger partial charge in [-0.05, 0) is 50.0 Å². The third-order valence-electron chi connectivity index (χ3n) is 6.94. The molecule has 5 rings (SSSR count). The van der Waals surface area contributed by atoms with Crippen LogP contribution in [-0.2, 0) is 4.74 Å². The van der Waals surface area contributed by atoms with Crippen molar-refractivity contribution in [1.29, 1.82) is 0 Å². The van der Waals surface area contributed by atoms with E-state index in [4.69, 9.17) is 19.4 Å². The molecule has 0 aliphatic carbocycles. The Labute approximate surface area is 221 Å². The predicted octanol–water partition coefficient (Wildman–Crippen LogP) is 5.38. The van der Waals surface area contributed by atoms with E-state index in [0.29, 0.717) is 48.5 Å². The van der Waals surface area contributed by atoms with Crippen LogP contribution in [0.15, 0.2) is 48.1 Å². The first-order chi connectivity index (χ1) is 18.1. The quantitative estimate of drug-likeness (QED) is 0.246. The molecule has 0 unspecified atom stereocenters. The number of fused-ring (bicyclic) bond motifs is 1. The van der Waals surface area contributed by atoms with Gasteiger partial charge in [-0.15, -0.1) is 11.3 Å². The van der Waals surface area contributed by atoms with Gasteiger partial charge in [-0.3, -0.25) is 4.79 Å². The minimum absolute atomic E-state index is 0.0687. The lowest BCUT2D eigenvalue weighted by Gasteiger charge is -2.26. The second-order valence-electron chi connectivity index (χ2n) is 9.33. The maximum atomic E-state index is 13.4. The molecule has 4 aromatic rings. The number of pyridine rings is 1. The van der Waals surface area contributed by atoms with Gasteiger partial charge >= 0.3 is 0 Å². The lowest BCUT2D eigenvalue weighted by atomic mass is 10.0. The van der Waals surface area contributed by atoms with Crippen molar-refractivity contribution in [1.82, 2.24) is 24.5 Å². The Morgan fingerprint density at radius 1 is 1.24 bits per heavy atom. The molecule has 5 heterocycles.